The van der Waals surface area contributed by atoms with Gasteiger partial charge >= 0.3 is 0 Å². The number of hydrogen-bond acceptors (Lipinski definition) is 5. The largest absolute Gasteiger partial charge is 0.478 e. The van der Waals surface area contributed by atoms with Crippen LogP contribution in [0, 0.1) is 12.8 Å². The van der Waals surface area contributed by atoms with Crippen LogP contribution < -0.4 is 5.32 Å². The van der Waals surface area contributed by atoms with Crippen molar-refractivity contribution in [3.05, 3.63) is 60.3 Å². The van der Waals surface area contributed by atoms with Crippen LogP contribution in [0.4, 0.5) is 5.69 Å². The van der Waals surface area contributed by atoms with Crippen LogP contribution in [0.25, 0.3) is 5.57 Å². The first kappa shape index (κ1) is 25.9. The van der Waals surface area contributed by atoms with Crippen molar-refractivity contribution in [1.29, 1.82) is 0 Å². The average molecular weight is 441 g/mol. The summed E-state index contributed by atoms with van der Waals surface area (Å²) in [5.74, 6) is 1.25. The van der Waals surface area contributed by atoms with E-state index in [9.17, 15) is 0 Å². The van der Waals surface area contributed by atoms with Crippen molar-refractivity contribution in [3.8, 4) is 0 Å². The molecule has 1 saturated heterocycles. The van der Waals surface area contributed by atoms with Crippen molar-refractivity contribution in [3.63, 3.8) is 0 Å². The van der Waals surface area contributed by atoms with Gasteiger partial charge in [0.05, 0.1) is 6.61 Å². The number of aliphatic imine (C=N–C) groups is 1. The topological polar surface area (TPSA) is 52.1 Å². The Morgan fingerprint density at radius 2 is 2.06 bits per heavy atom. The summed E-state index contributed by atoms with van der Waals surface area (Å²) in [5, 5.41) is 3.52. The van der Waals surface area contributed by atoms with Crippen LogP contribution in [0.5, 0.6) is 0 Å². The predicted molar refractivity (Wildman–Crippen MR) is 135 cm³/mol. The molecule has 176 valence electrons. The molecule has 1 aliphatic heterocycles. The van der Waals surface area contributed by atoms with Gasteiger partial charge in [-0.3, -0.25) is 0 Å². The maximum atomic E-state index is 5.84. The lowest BCUT2D eigenvalue weighted by atomic mass is 9.97. The number of anilines is 1. The number of hydrogen-bond donors (Lipinski definition) is 1. The van der Waals surface area contributed by atoms with E-state index < -0.39 is 0 Å². The molecule has 5 heteroatoms. The van der Waals surface area contributed by atoms with E-state index in [0.717, 1.165) is 54.9 Å². The molecule has 1 aromatic carbocycles. The van der Waals surface area contributed by atoms with Gasteiger partial charge in [-0.15, -0.1) is 0 Å². The Balaban J connectivity index is 1.88. The zero-order valence-corrected chi connectivity index (χ0v) is 20.3. The predicted octanol–water partition coefficient (Wildman–Crippen LogP) is 6.51. The monoisotopic (exact) mass is 440 g/mol. The Morgan fingerprint density at radius 1 is 1.25 bits per heavy atom. The summed E-state index contributed by atoms with van der Waals surface area (Å²) >= 11 is 0. The van der Waals surface area contributed by atoms with Gasteiger partial charge in [0, 0.05) is 37.6 Å². The molecule has 1 heterocycles. The lowest BCUT2D eigenvalue weighted by molar-refractivity contribution is 0.0343. The van der Waals surface area contributed by atoms with Gasteiger partial charge in [-0.05, 0) is 67.9 Å². The summed E-state index contributed by atoms with van der Waals surface area (Å²) in [6.07, 6.45) is 7.99. The minimum absolute atomic E-state index is 0.0422. The number of aryl methyl sites for hydroxylation is 1. The fourth-order valence-electron chi connectivity index (χ4n) is 3.27. The maximum absolute atomic E-state index is 5.84. The van der Waals surface area contributed by atoms with E-state index in [1.807, 2.05) is 13.0 Å². The number of nitrogens with one attached hydrogen (secondary N) is 1. The number of allylic oxidation sites excluding steroid dienone is 3. The highest BCUT2D eigenvalue weighted by Crippen LogP contribution is 2.30. The Labute approximate surface area is 194 Å². The lowest BCUT2D eigenvalue weighted by Crippen LogP contribution is -2.27. The first-order chi connectivity index (χ1) is 15.4. The van der Waals surface area contributed by atoms with Crippen molar-refractivity contribution in [2.75, 3.05) is 31.7 Å². The van der Waals surface area contributed by atoms with Crippen molar-refractivity contribution in [2.24, 2.45) is 10.9 Å². The minimum Gasteiger partial charge on any atom is -0.478 e. The molecule has 0 aliphatic carbocycles. The molecule has 1 aliphatic rings. The summed E-state index contributed by atoms with van der Waals surface area (Å²) in [5.41, 5.74) is 4.88. The van der Waals surface area contributed by atoms with Crippen LogP contribution in [-0.2, 0) is 14.2 Å². The molecule has 0 saturated carbocycles. The molecule has 1 fully saturated rings. The van der Waals surface area contributed by atoms with Crippen LogP contribution in [-0.4, -0.2) is 38.6 Å². The van der Waals surface area contributed by atoms with Gasteiger partial charge in [-0.1, -0.05) is 38.6 Å². The summed E-state index contributed by atoms with van der Waals surface area (Å²) in [6.45, 7) is 19.4. The Hall–Kier alpha value is -2.37. The molecular weight excluding hydrogens is 400 g/mol. The van der Waals surface area contributed by atoms with Crippen LogP contribution in [0.1, 0.15) is 57.6 Å². The number of ether oxygens (including phenoxy) is 3. The normalized spacial score (nSPS) is 17.0. The van der Waals surface area contributed by atoms with Crippen LogP contribution >= 0.6 is 0 Å². The van der Waals surface area contributed by atoms with E-state index >= 15 is 0 Å². The van der Waals surface area contributed by atoms with Gasteiger partial charge in [0.15, 0.2) is 5.90 Å². The highest BCUT2D eigenvalue weighted by atomic mass is 16.5. The third-order valence-corrected chi connectivity index (χ3v) is 5.29. The third-order valence-electron chi connectivity index (χ3n) is 5.29. The molecule has 1 N–H and O–H groups in total. The van der Waals surface area contributed by atoms with Gasteiger partial charge < -0.3 is 19.5 Å². The maximum Gasteiger partial charge on any atom is 0.184 e. The van der Waals surface area contributed by atoms with Gasteiger partial charge in [0.25, 0.3) is 0 Å². The SMILES string of the molecule is C=C(/C=C\N=C(C)OCCOCCC(C)C)C(=C)c1cc(C)ccc1NC1CCCCO1. The summed E-state index contributed by atoms with van der Waals surface area (Å²) in [4.78, 5) is 4.34. The van der Waals surface area contributed by atoms with Crippen molar-refractivity contribution >= 4 is 17.2 Å². The zero-order valence-electron chi connectivity index (χ0n) is 20.3. The van der Waals surface area contributed by atoms with E-state index in [4.69, 9.17) is 14.2 Å². The second kappa shape index (κ2) is 13.9. The average Bonchev–Trinajstić information content (AvgIpc) is 2.77. The van der Waals surface area contributed by atoms with E-state index in [1.165, 1.54) is 12.0 Å². The van der Waals surface area contributed by atoms with E-state index in [1.54, 1.807) is 6.20 Å². The number of nitrogens with zero attached hydrogens (tertiary/aromatic N) is 1. The molecule has 1 atom stereocenters. The molecule has 0 aromatic heterocycles. The summed E-state index contributed by atoms with van der Waals surface area (Å²) < 4.78 is 17.0. The Bertz CT molecular complexity index is 805. The highest BCUT2D eigenvalue weighted by Gasteiger charge is 2.16. The molecule has 5 nitrogen and oxygen atoms in total. The quantitative estimate of drug-likeness (QED) is 0.174. The minimum atomic E-state index is 0.0422. The second-order valence-corrected chi connectivity index (χ2v) is 8.66. The molecular formula is C27H40N2O3. The molecule has 0 bridgehead atoms. The molecule has 1 unspecified atom stereocenters. The van der Waals surface area contributed by atoms with Gasteiger partial charge in [-0.25, -0.2) is 4.99 Å². The highest BCUT2D eigenvalue weighted by molar-refractivity contribution is 5.86. The molecule has 2 rings (SSSR count). The fourth-order valence-corrected chi connectivity index (χ4v) is 3.27. The van der Waals surface area contributed by atoms with Gasteiger partial charge in [-0.2, -0.15) is 0 Å². The van der Waals surface area contributed by atoms with Crippen molar-refractivity contribution < 1.29 is 14.2 Å². The smallest absolute Gasteiger partial charge is 0.184 e. The van der Waals surface area contributed by atoms with Crippen molar-refractivity contribution in [2.45, 2.75) is 59.6 Å². The van der Waals surface area contributed by atoms with Gasteiger partial charge in [0.2, 0.25) is 0 Å². The van der Waals surface area contributed by atoms with E-state index in [2.05, 4.69) is 62.4 Å². The first-order valence-corrected chi connectivity index (χ1v) is 11.7. The van der Waals surface area contributed by atoms with E-state index in [0.29, 0.717) is 25.0 Å². The fraction of sp³-hybridized carbons (Fsp3) is 0.519. The second-order valence-electron chi connectivity index (χ2n) is 8.66. The molecule has 32 heavy (non-hydrogen) atoms. The third kappa shape index (κ3) is 9.41. The van der Waals surface area contributed by atoms with Crippen LogP contribution in [0.2, 0.25) is 0 Å². The molecule has 0 radical (unpaired) electrons. The van der Waals surface area contributed by atoms with E-state index in [-0.39, 0.29) is 6.23 Å². The number of benzene rings is 1. The van der Waals surface area contributed by atoms with Crippen LogP contribution in [0.3, 0.4) is 0 Å². The summed E-state index contributed by atoms with van der Waals surface area (Å²) in [6, 6.07) is 6.31. The molecule has 1 aromatic rings. The van der Waals surface area contributed by atoms with Crippen molar-refractivity contribution in [1.82, 2.24) is 0 Å². The Kier molecular flexibility index (Phi) is 11.3. The lowest BCUT2D eigenvalue weighted by Gasteiger charge is -2.26. The van der Waals surface area contributed by atoms with Crippen LogP contribution in [0.15, 0.2) is 54.2 Å². The Morgan fingerprint density at radius 3 is 2.78 bits per heavy atom. The first-order valence-electron chi connectivity index (χ1n) is 11.7. The molecule has 0 spiro atoms. The van der Waals surface area contributed by atoms with Gasteiger partial charge in [0.1, 0.15) is 12.8 Å². The summed E-state index contributed by atoms with van der Waals surface area (Å²) in [7, 11) is 0. The number of rotatable bonds is 12. The standard InChI is InChI=1S/C27H40N2O3/c1-20(2)13-16-30-17-18-31-24(6)28-14-12-22(4)23(5)25-19-21(3)10-11-26(25)29-27-9-7-8-15-32-27/h10-12,14,19-20,27,29H,4-5,7-9,13,15-18H2,1-3,6H3/b14-12-,28-24?. The zero-order chi connectivity index (χ0) is 23.3. The molecule has 0 amide bonds.